The van der Waals surface area contributed by atoms with Crippen LogP contribution < -0.4 is 11.1 Å². The fourth-order valence-corrected chi connectivity index (χ4v) is 2.53. The molecule has 0 aromatic heterocycles. The summed E-state index contributed by atoms with van der Waals surface area (Å²) in [7, 11) is 0. The van der Waals surface area contributed by atoms with E-state index in [-0.39, 0.29) is 11.7 Å². The number of carbonyl (C=O) groups excluding carboxylic acids is 1. The van der Waals surface area contributed by atoms with Gasteiger partial charge in [0.25, 0.3) is 0 Å². The Morgan fingerprint density at radius 3 is 2.90 bits per heavy atom. The van der Waals surface area contributed by atoms with Gasteiger partial charge in [0.2, 0.25) is 5.91 Å². The molecule has 3 nitrogen and oxygen atoms in total. The van der Waals surface area contributed by atoms with E-state index in [0.29, 0.717) is 17.5 Å². The SMILES string of the molecule is Cc1cccc(C(N)c2ccc3c(c2)CC(=O)N3)c1F. The van der Waals surface area contributed by atoms with Crippen molar-refractivity contribution in [3.63, 3.8) is 0 Å². The zero-order valence-corrected chi connectivity index (χ0v) is 11.1. The van der Waals surface area contributed by atoms with Crippen LogP contribution in [0.3, 0.4) is 0 Å². The molecule has 0 spiro atoms. The molecular weight excluding hydrogens is 255 g/mol. The molecule has 2 aromatic rings. The monoisotopic (exact) mass is 270 g/mol. The van der Waals surface area contributed by atoms with Gasteiger partial charge in [-0.05, 0) is 29.7 Å². The largest absolute Gasteiger partial charge is 0.326 e. The van der Waals surface area contributed by atoms with E-state index >= 15 is 0 Å². The second-order valence-electron chi connectivity index (χ2n) is 5.10. The van der Waals surface area contributed by atoms with E-state index in [1.54, 1.807) is 25.1 Å². The highest BCUT2D eigenvalue weighted by Gasteiger charge is 2.20. The zero-order valence-electron chi connectivity index (χ0n) is 11.1. The van der Waals surface area contributed by atoms with Crippen LogP contribution in [0.4, 0.5) is 10.1 Å². The number of nitrogens with two attached hydrogens (primary N) is 1. The molecule has 0 radical (unpaired) electrons. The molecule has 1 atom stereocenters. The molecule has 1 heterocycles. The first-order chi connectivity index (χ1) is 9.56. The van der Waals surface area contributed by atoms with Crippen LogP contribution in [-0.4, -0.2) is 5.91 Å². The molecule has 0 fully saturated rings. The summed E-state index contributed by atoms with van der Waals surface area (Å²) in [5, 5.41) is 2.77. The maximum Gasteiger partial charge on any atom is 0.228 e. The van der Waals surface area contributed by atoms with Crippen molar-refractivity contribution in [3.8, 4) is 0 Å². The van der Waals surface area contributed by atoms with E-state index in [2.05, 4.69) is 5.32 Å². The Morgan fingerprint density at radius 2 is 2.10 bits per heavy atom. The number of nitrogens with one attached hydrogen (secondary N) is 1. The number of amides is 1. The molecule has 102 valence electrons. The molecule has 1 unspecified atom stereocenters. The van der Waals surface area contributed by atoms with Crippen LogP contribution in [0.2, 0.25) is 0 Å². The van der Waals surface area contributed by atoms with E-state index in [1.165, 1.54) is 0 Å². The molecule has 3 rings (SSSR count). The summed E-state index contributed by atoms with van der Waals surface area (Å²) in [4.78, 5) is 11.3. The number of aryl methyl sites for hydroxylation is 1. The van der Waals surface area contributed by atoms with Crippen LogP contribution in [0.15, 0.2) is 36.4 Å². The third-order valence-corrected chi connectivity index (χ3v) is 3.67. The summed E-state index contributed by atoms with van der Waals surface area (Å²) in [6.07, 6.45) is 0.353. The smallest absolute Gasteiger partial charge is 0.228 e. The Balaban J connectivity index is 1.99. The van der Waals surface area contributed by atoms with Gasteiger partial charge in [0, 0.05) is 11.3 Å². The van der Waals surface area contributed by atoms with E-state index in [9.17, 15) is 9.18 Å². The molecule has 0 saturated heterocycles. The van der Waals surface area contributed by atoms with Crippen LogP contribution >= 0.6 is 0 Å². The first-order valence-corrected chi connectivity index (χ1v) is 6.49. The standard InChI is InChI=1S/C16H15FN2O/c1-9-3-2-4-12(15(9)17)16(18)10-5-6-13-11(7-10)8-14(20)19-13/h2-7,16H,8,18H2,1H3,(H,19,20). The fourth-order valence-electron chi connectivity index (χ4n) is 2.53. The summed E-state index contributed by atoms with van der Waals surface area (Å²) in [5.41, 5.74) is 9.76. The van der Waals surface area contributed by atoms with Gasteiger partial charge in [-0.25, -0.2) is 4.39 Å². The van der Waals surface area contributed by atoms with Gasteiger partial charge in [-0.1, -0.05) is 30.3 Å². The highest BCUT2D eigenvalue weighted by Crippen LogP contribution is 2.29. The molecule has 0 bridgehead atoms. The molecule has 4 heteroatoms. The van der Waals surface area contributed by atoms with Crippen LogP contribution in [0, 0.1) is 12.7 Å². The first kappa shape index (κ1) is 12.8. The number of fused-ring (bicyclic) bond motifs is 1. The number of halogens is 1. The van der Waals surface area contributed by atoms with E-state index in [4.69, 9.17) is 5.73 Å². The first-order valence-electron chi connectivity index (χ1n) is 6.49. The Labute approximate surface area is 116 Å². The second kappa shape index (κ2) is 4.72. The van der Waals surface area contributed by atoms with E-state index in [0.717, 1.165) is 16.8 Å². The van der Waals surface area contributed by atoms with Crippen molar-refractivity contribution < 1.29 is 9.18 Å². The number of hydrogen-bond acceptors (Lipinski definition) is 2. The van der Waals surface area contributed by atoms with Crippen molar-refractivity contribution in [2.75, 3.05) is 5.32 Å². The zero-order chi connectivity index (χ0) is 14.3. The molecule has 1 aliphatic rings. The predicted molar refractivity (Wildman–Crippen MR) is 75.9 cm³/mol. The lowest BCUT2D eigenvalue weighted by molar-refractivity contribution is -0.115. The van der Waals surface area contributed by atoms with Crippen LogP contribution in [0.5, 0.6) is 0 Å². The summed E-state index contributed by atoms with van der Waals surface area (Å²) >= 11 is 0. The number of benzene rings is 2. The number of hydrogen-bond donors (Lipinski definition) is 2. The molecule has 0 aliphatic carbocycles. The lowest BCUT2D eigenvalue weighted by Gasteiger charge is -2.15. The Morgan fingerprint density at radius 1 is 1.30 bits per heavy atom. The summed E-state index contributed by atoms with van der Waals surface area (Å²) in [6.45, 7) is 1.72. The molecule has 20 heavy (non-hydrogen) atoms. The van der Waals surface area contributed by atoms with Crippen LogP contribution in [0.25, 0.3) is 0 Å². The lowest BCUT2D eigenvalue weighted by atomic mass is 9.95. The van der Waals surface area contributed by atoms with E-state index < -0.39 is 6.04 Å². The van der Waals surface area contributed by atoms with E-state index in [1.807, 2.05) is 18.2 Å². The van der Waals surface area contributed by atoms with Gasteiger partial charge >= 0.3 is 0 Å². The van der Waals surface area contributed by atoms with Crippen molar-refractivity contribution in [3.05, 3.63) is 64.5 Å². The number of rotatable bonds is 2. The van der Waals surface area contributed by atoms with Gasteiger partial charge in [-0.15, -0.1) is 0 Å². The van der Waals surface area contributed by atoms with Crippen molar-refractivity contribution in [1.29, 1.82) is 0 Å². The fraction of sp³-hybridized carbons (Fsp3) is 0.188. The molecule has 1 aliphatic heterocycles. The van der Waals surface area contributed by atoms with Crippen molar-refractivity contribution >= 4 is 11.6 Å². The maximum atomic E-state index is 14.1. The topological polar surface area (TPSA) is 55.1 Å². The van der Waals surface area contributed by atoms with Gasteiger partial charge in [0.05, 0.1) is 12.5 Å². The summed E-state index contributed by atoms with van der Waals surface area (Å²) < 4.78 is 14.1. The predicted octanol–water partition coefficient (Wildman–Crippen LogP) is 2.68. The van der Waals surface area contributed by atoms with Crippen molar-refractivity contribution in [1.82, 2.24) is 0 Å². The Kier molecular flexibility index (Phi) is 3.03. The molecular formula is C16H15FN2O. The van der Waals surface area contributed by atoms with Gasteiger partial charge in [-0.3, -0.25) is 4.79 Å². The Bertz CT molecular complexity index is 697. The highest BCUT2D eigenvalue weighted by molar-refractivity contribution is 5.99. The molecule has 1 amide bonds. The lowest BCUT2D eigenvalue weighted by Crippen LogP contribution is -2.14. The quantitative estimate of drug-likeness (QED) is 0.881. The van der Waals surface area contributed by atoms with Crippen LogP contribution in [-0.2, 0) is 11.2 Å². The minimum atomic E-state index is -0.532. The summed E-state index contributed by atoms with van der Waals surface area (Å²) in [6, 6.07) is 10.2. The van der Waals surface area contributed by atoms with Gasteiger partial charge in [0.1, 0.15) is 5.82 Å². The third-order valence-electron chi connectivity index (χ3n) is 3.67. The maximum absolute atomic E-state index is 14.1. The molecule has 2 aromatic carbocycles. The average Bonchev–Trinajstić information content (AvgIpc) is 2.80. The van der Waals surface area contributed by atoms with Gasteiger partial charge < -0.3 is 11.1 Å². The Hall–Kier alpha value is -2.20. The third kappa shape index (κ3) is 2.08. The average molecular weight is 270 g/mol. The minimum absolute atomic E-state index is 0.0209. The highest BCUT2D eigenvalue weighted by atomic mass is 19.1. The van der Waals surface area contributed by atoms with Gasteiger partial charge in [-0.2, -0.15) is 0 Å². The minimum Gasteiger partial charge on any atom is -0.326 e. The van der Waals surface area contributed by atoms with Gasteiger partial charge in [0.15, 0.2) is 0 Å². The normalized spacial score (nSPS) is 14.8. The molecule has 3 N–H and O–H groups in total. The number of anilines is 1. The second-order valence-corrected chi connectivity index (χ2v) is 5.10. The summed E-state index contributed by atoms with van der Waals surface area (Å²) in [5.74, 6) is -0.290. The number of carbonyl (C=O) groups is 1. The van der Waals surface area contributed by atoms with Crippen LogP contribution in [0.1, 0.15) is 28.3 Å². The van der Waals surface area contributed by atoms with Crippen molar-refractivity contribution in [2.45, 2.75) is 19.4 Å². The van der Waals surface area contributed by atoms with Crippen molar-refractivity contribution in [2.24, 2.45) is 5.73 Å². The molecule has 0 saturated carbocycles.